The van der Waals surface area contributed by atoms with Gasteiger partial charge in [0.15, 0.2) is 0 Å². The molecule has 0 saturated heterocycles. The van der Waals surface area contributed by atoms with Gasteiger partial charge in [0.05, 0.1) is 6.42 Å². The van der Waals surface area contributed by atoms with Crippen LogP contribution in [0.4, 0.5) is 0 Å². The molecule has 4 N–H and O–H groups in total. The van der Waals surface area contributed by atoms with Crippen LogP contribution < -0.4 is 11.1 Å². The molecule has 0 aromatic carbocycles. The highest BCUT2D eigenvalue weighted by atomic mass is 32.1. The van der Waals surface area contributed by atoms with E-state index in [1.54, 1.807) is 0 Å². The zero-order valence-electron chi connectivity index (χ0n) is 6.49. The molecule has 0 aromatic rings. The topological polar surface area (TPSA) is 92.4 Å². The second-order valence-electron chi connectivity index (χ2n) is 2.22. The minimum Gasteiger partial charge on any atom is -0.480 e. The number of hydrogen-bond acceptors (Lipinski definition) is 4. The summed E-state index contributed by atoms with van der Waals surface area (Å²) in [5.41, 5.74) is 5.11. The number of thiol groups is 1. The van der Waals surface area contributed by atoms with Crippen LogP contribution in [0.2, 0.25) is 0 Å². The zero-order chi connectivity index (χ0) is 9.56. The second-order valence-corrected chi connectivity index (χ2v) is 2.67. The molecular formula is C6H12N2O3S. The lowest BCUT2D eigenvalue weighted by Gasteiger charge is -2.05. The Kier molecular flexibility index (Phi) is 5.48. The molecule has 0 aliphatic carbocycles. The molecule has 0 aliphatic heterocycles. The Labute approximate surface area is 75.7 Å². The molecule has 5 nitrogen and oxygen atoms in total. The Hall–Kier alpha value is -0.750. The molecule has 0 radical (unpaired) electrons. The van der Waals surface area contributed by atoms with E-state index in [4.69, 9.17) is 10.8 Å². The molecule has 70 valence electrons. The van der Waals surface area contributed by atoms with Crippen LogP contribution >= 0.6 is 12.6 Å². The van der Waals surface area contributed by atoms with Gasteiger partial charge in [0, 0.05) is 12.3 Å². The Morgan fingerprint density at radius 3 is 2.58 bits per heavy atom. The normalized spacial score (nSPS) is 12.2. The fourth-order valence-corrected chi connectivity index (χ4v) is 0.666. The van der Waals surface area contributed by atoms with E-state index in [1.165, 1.54) is 0 Å². The van der Waals surface area contributed by atoms with E-state index in [0.29, 0.717) is 12.3 Å². The Bertz CT molecular complexity index is 174. The lowest BCUT2D eigenvalue weighted by Crippen LogP contribution is -2.37. The third-order valence-electron chi connectivity index (χ3n) is 1.16. The SMILES string of the molecule is N[C@@H](CC(=O)NCCS)C(=O)O. The number of rotatable bonds is 5. The number of carbonyl (C=O) groups is 2. The van der Waals surface area contributed by atoms with Gasteiger partial charge < -0.3 is 16.2 Å². The molecule has 1 amide bonds. The summed E-state index contributed by atoms with van der Waals surface area (Å²) in [5, 5.41) is 10.8. The maximum Gasteiger partial charge on any atom is 0.321 e. The number of carboxylic acids is 1. The van der Waals surface area contributed by atoms with Crippen molar-refractivity contribution in [2.24, 2.45) is 5.73 Å². The monoisotopic (exact) mass is 192 g/mol. The molecule has 6 heteroatoms. The summed E-state index contributed by atoms with van der Waals surface area (Å²) in [6, 6.07) is -1.12. The van der Waals surface area contributed by atoms with Crippen LogP contribution in [-0.2, 0) is 9.59 Å². The molecule has 0 fully saturated rings. The summed E-state index contributed by atoms with van der Waals surface area (Å²) in [6.45, 7) is 0.425. The summed E-state index contributed by atoms with van der Waals surface area (Å²) in [5.74, 6) is -1.01. The Morgan fingerprint density at radius 2 is 2.17 bits per heavy atom. The minimum atomic E-state index is -1.17. The molecule has 1 atom stereocenters. The van der Waals surface area contributed by atoms with Crippen molar-refractivity contribution in [1.82, 2.24) is 5.32 Å². The van der Waals surface area contributed by atoms with E-state index in [1.807, 2.05) is 0 Å². The summed E-state index contributed by atoms with van der Waals surface area (Å²) in [7, 11) is 0. The van der Waals surface area contributed by atoms with Crippen molar-refractivity contribution >= 4 is 24.5 Å². The van der Waals surface area contributed by atoms with Gasteiger partial charge in [-0.3, -0.25) is 9.59 Å². The second kappa shape index (κ2) is 5.84. The van der Waals surface area contributed by atoms with Crippen LogP contribution in [-0.4, -0.2) is 35.3 Å². The summed E-state index contributed by atoms with van der Waals surface area (Å²) in [4.78, 5) is 21.0. The number of nitrogens with two attached hydrogens (primary N) is 1. The fraction of sp³-hybridized carbons (Fsp3) is 0.667. The van der Waals surface area contributed by atoms with Crippen LogP contribution in [0, 0.1) is 0 Å². The average molecular weight is 192 g/mol. The highest BCUT2D eigenvalue weighted by Gasteiger charge is 2.15. The maximum atomic E-state index is 10.8. The van der Waals surface area contributed by atoms with Gasteiger partial charge in [-0.15, -0.1) is 0 Å². The van der Waals surface area contributed by atoms with Crippen molar-refractivity contribution in [3.63, 3.8) is 0 Å². The fourth-order valence-electron chi connectivity index (χ4n) is 0.555. The highest BCUT2D eigenvalue weighted by Crippen LogP contribution is 1.87. The van der Waals surface area contributed by atoms with Crippen molar-refractivity contribution in [1.29, 1.82) is 0 Å². The predicted molar refractivity (Wildman–Crippen MR) is 47.1 cm³/mol. The van der Waals surface area contributed by atoms with Crippen molar-refractivity contribution < 1.29 is 14.7 Å². The molecule has 0 unspecified atom stereocenters. The third kappa shape index (κ3) is 4.97. The highest BCUT2D eigenvalue weighted by molar-refractivity contribution is 7.80. The first kappa shape index (κ1) is 11.2. The molecule has 0 saturated carbocycles. The van der Waals surface area contributed by atoms with Gasteiger partial charge in [-0.25, -0.2) is 0 Å². The first-order valence-corrected chi connectivity index (χ1v) is 4.07. The van der Waals surface area contributed by atoms with E-state index < -0.39 is 12.0 Å². The number of carbonyl (C=O) groups excluding carboxylic acids is 1. The molecule has 0 heterocycles. The van der Waals surface area contributed by atoms with E-state index in [0.717, 1.165) is 0 Å². The molecule has 12 heavy (non-hydrogen) atoms. The number of nitrogens with one attached hydrogen (secondary N) is 1. The Morgan fingerprint density at radius 1 is 1.58 bits per heavy atom. The van der Waals surface area contributed by atoms with E-state index >= 15 is 0 Å². The molecular weight excluding hydrogens is 180 g/mol. The maximum absolute atomic E-state index is 10.8. The first-order valence-electron chi connectivity index (χ1n) is 3.44. The molecule has 0 aromatic heterocycles. The molecule has 0 bridgehead atoms. The first-order chi connectivity index (χ1) is 5.57. The predicted octanol–water partition coefficient (Wildman–Crippen LogP) is -1.17. The van der Waals surface area contributed by atoms with Gasteiger partial charge in [0.25, 0.3) is 0 Å². The molecule has 0 spiro atoms. The summed E-state index contributed by atoms with van der Waals surface area (Å²) in [6.07, 6.45) is -0.191. The van der Waals surface area contributed by atoms with Crippen LogP contribution in [0.25, 0.3) is 0 Å². The quantitative estimate of drug-likeness (QED) is 0.413. The van der Waals surface area contributed by atoms with Crippen molar-refractivity contribution in [2.75, 3.05) is 12.3 Å². The van der Waals surface area contributed by atoms with Crippen molar-refractivity contribution in [2.45, 2.75) is 12.5 Å². The van der Waals surface area contributed by atoms with Crippen LogP contribution in [0.5, 0.6) is 0 Å². The van der Waals surface area contributed by atoms with E-state index in [-0.39, 0.29) is 12.3 Å². The van der Waals surface area contributed by atoms with E-state index in [9.17, 15) is 9.59 Å². The van der Waals surface area contributed by atoms with Gasteiger partial charge >= 0.3 is 5.97 Å². The Balaban J connectivity index is 3.61. The molecule has 0 aliphatic rings. The van der Waals surface area contributed by atoms with E-state index in [2.05, 4.69) is 17.9 Å². The standard InChI is InChI=1S/C6H12N2O3S/c7-4(6(10)11)3-5(9)8-1-2-12/h4,12H,1-3,7H2,(H,8,9)(H,10,11)/t4-/m0/s1. The van der Waals surface area contributed by atoms with Gasteiger partial charge in [-0.2, -0.15) is 12.6 Å². The smallest absolute Gasteiger partial charge is 0.321 e. The number of aliphatic carboxylic acids is 1. The summed E-state index contributed by atoms with van der Waals surface area (Å²) < 4.78 is 0. The van der Waals surface area contributed by atoms with Crippen LogP contribution in [0.1, 0.15) is 6.42 Å². The largest absolute Gasteiger partial charge is 0.480 e. The lowest BCUT2D eigenvalue weighted by molar-refractivity contribution is -0.140. The van der Waals surface area contributed by atoms with Crippen molar-refractivity contribution in [3.8, 4) is 0 Å². The number of carboxylic acid groups (broad SMARTS) is 1. The summed E-state index contributed by atoms with van der Waals surface area (Å²) >= 11 is 3.86. The van der Waals surface area contributed by atoms with Crippen LogP contribution in [0.15, 0.2) is 0 Å². The number of amides is 1. The van der Waals surface area contributed by atoms with Gasteiger partial charge in [-0.05, 0) is 0 Å². The zero-order valence-corrected chi connectivity index (χ0v) is 7.38. The lowest BCUT2D eigenvalue weighted by atomic mass is 10.2. The van der Waals surface area contributed by atoms with Gasteiger partial charge in [-0.1, -0.05) is 0 Å². The molecule has 0 rings (SSSR count). The minimum absolute atomic E-state index is 0.191. The van der Waals surface area contributed by atoms with Gasteiger partial charge in [0.2, 0.25) is 5.91 Å². The average Bonchev–Trinajstić information content (AvgIpc) is 2.00. The van der Waals surface area contributed by atoms with Crippen molar-refractivity contribution in [3.05, 3.63) is 0 Å². The number of hydrogen-bond donors (Lipinski definition) is 4. The van der Waals surface area contributed by atoms with Gasteiger partial charge in [0.1, 0.15) is 6.04 Å². The third-order valence-corrected chi connectivity index (χ3v) is 1.38. The van der Waals surface area contributed by atoms with Crippen LogP contribution in [0.3, 0.4) is 0 Å².